The quantitative estimate of drug-likeness (QED) is 0.402. The van der Waals surface area contributed by atoms with Crippen LogP contribution in [0, 0.1) is 9.93 Å². The van der Waals surface area contributed by atoms with Crippen molar-refractivity contribution >= 4 is 12.5 Å². The summed E-state index contributed by atoms with van der Waals surface area (Å²) < 4.78 is 7.83. The topological polar surface area (TPSA) is 51.2 Å². The van der Waals surface area contributed by atoms with Crippen LogP contribution in [0.3, 0.4) is 0 Å². The molecular formula is O3S. The maximum Gasteiger partial charge on any atom is 0.197 e. The van der Waals surface area contributed by atoms with Crippen molar-refractivity contribution in [1.29, 1.82) is 0 Å². The minimum absolute atomic E-state index is 2.83. The summed E-state index contributed by atoms with van der Waals surface area (Å²) in [5.74, 6) is 0. The van der Waals surface area contributed by atoms with Gasteiger partial charge in [0.15, 0.2) is 12.5 Å². The van der Waals surface area contributed by atoms with Gasteiger partial charge in [-0.2, -0.15) is 4.21 Å². The van der Waals surface area contributed by atoms with Gasteiger partial charge in [0.05, 0.1) is 0 Å². The van der Waals surface area contributed by atoms with Crippen molar-refractivity contribution in [1.82, 2.24) is 0 Å². The summed E-state index contributed by atoms with van der Waals surface area (Å²) in [7, 11) is 0. The molecule has 0 atom stereocenters. The fraction of sp³-hybridized carbons (Fsp3) is 0. The summed E-state index contributed by atoms with van der Waals surface area (Å²) in [6.45, 7) is 0. The predicted octanol–water partition coefficient (Wildman–Crippen LogP) is -0.269. The van der Waals surface area contributed by atoms with Crippen LogP contribution in [0.4, 0.5) is 0 Å². The molecule has 0 spiro atoms. The highest BCUT2D eigenvalue weighted by molar-refractivity contribution is 7.44. The molecule has 0 amide bonds. The molecule has 0 saturated heterocycles. The predicted molar refractivity (Wildman–Crippen MR) is 14.9 cm³/mol. The summed E-state index contributed by atoms with van der Waals surface area (Å²) in [6.07, 6.45) is 0. The highest BCUT2D eigenvalue weighted by Gasteiger charge is 0.734. The van der Waals surface area contributed by atoms with Gasteiger partial charge in [0.1, 0.15) is 0 Å². The molecule has 0 aliphatic rings. The van der Waals surface area contributed by atoms with Gasteiger partial charge in [-0.1, -0.05) is 0 Å². The smallest absolute Gasteiger partial charge is 0.197 e. The Labute approximate surface area is 27.8 Å². The lowest BCUT2D eigenvalue weighted by molar-refractivity contribution is 0.702. The Morgan fingerprint density at radius 2 is 1.00 bits per heavy atom. The molecule has 0 aromatic heterocycles. The molecule has 0 saturated carbocycles. The van der Waals surface area contributed by atoms with E-state index >= 15 is 0 Å². The van der Waals surface area contributed by atoms with Gasteiger partial charge in [-0.3, -0.25) is 0 Å². The van der Waals surface area contributed by atoms with Crippen LogP contribution in [-0.4, -0.2) is 4.21 Å². The van der Waals surface area contributed by atoms with Crippen LogP contribution in [0.15, 0.2) is 0 Å². The normalized spacial score (nSPS) is 2.00. The van der Waals surface area contributed by atoms with Crippen molar-refractivity contribution in [2.45, 2.75) is 0 Å². The van der Waals surface area contributed by atoms with Crippen molar-refractivity contribution in [3.05, 3.63) is 9.93 Å². The molecule has 0 aromatic carbocycles. The second-order valence-electron chi connectivity index (χ2n) is 0. The van der Waals surface area contributed by atoms with E-state index in [0.717, 1.165) is 0 Å². The molecule has 0 bridgehead atoms. The van der Waals surface area contributed by atoms with Crippen molar-refractivity contribution in [3.63, 3.8) is 0 Å². The van der Waals surface area contributed by atoms with Crippen LogP contribution in [0.1, 0.15) is 0 Å². The van der Waals surface area contributed by atoms with Gasteiger partial charge in [0, 0.05) is 9.93 Å². The minimum atomic E-state index is 2.83. The van der Waals surface area contributed by atoms with Gasteiger partial charge in [0.2, 0.25) is 0 Å². The molecule has 0 aliphatic heterocycles. The highest BCUT2D eigenvalue weighted by Crippen LogP contribution is 0.741. The Kier molecular flexibility index (Phi) is 113. The molecule has 3 nitrogen and oxygen atoms in total. The van der Waals surface area contributed by atoms with Crippen LogP contribution in [0.2, 0.25) is 0 Å². The Bertz CT molecular complexity index is 5.25. The lowest BCUT2D eigenvalue weighted by Crippen LogP contribution is -0.894. The molecule has 0 aromatic rings. The van der Waals surface area contributed by atoms with Crippen molar-refractivity contribution in [2.75, 3.05) is 0 Å². The average molecular weight is 80.1 g/mol. The third-order valence-electron chi connectivity index (χ3n) is 0. The molecule has 0 aliphatic carbocycles. The molecule has 4 heavy (non-hydrogen) atoms. The second kappa shape index (κ2) is 47.6. The molecule has 0 heterocycles. The summed E-state index contributed by atoms with van der Waals surface area (Å²) in [5, 5.41) is 0. The zero-order valence-electron chi connectivity index (χ0n) is 1.63. The van der Waals surface area contributed by atoms with E-state index in [0.29, 0.717) is 0 Å². The molecule has 0 radical (unpaired) electrons. The first-order valence-corrected chi connectivity index (χ1v) is 0.667. The summed E-state index contributed by atoms with van der Waals surface area (Å²) in [4.78, 5) is 14.0. The number of rotatable bonds is 0. The Morgan fingerprint density at radius 1 is 1.00 bits per heavy atom. The Morgan fingerprint density at radius 3 is 1.00 bits per heavy atom. The third-order valence-corrected chi connectivity index (χ3v) is 0. The molecule has 4 heteroatoms. The fourth-order valence-corrected chi connectivity index (χ4v) is 0. The van der Waals surface area contributed by atoms with Gasteiger partial charge in [-0.25, -0.2) is 0 Å². The standard InChI is InChI=1S/O2.OS/c2*1-2. The molecular weight excluding hydrogens is 80.1 g/mol. The van der Waals surface area contributed by atoms with E-state index in [4.69, 9.17) is 14.1 Å². The second-order valence-corrected chi connectivity index (χ2v) is 0. The zero-order valence-corrected chi connectivity index (χ0v) is 2.45. The number of hydrogen-bond donors (Lipinski definition) is 0. The first kappa shape index (κ1) is 9.47. The molecule has 0 N–H and O–H groups in total. The van der Waals surface area contributed by atoms with E-state index in [1.54, 1.807) is 0 Å². The van der Waals surface area contributed by atoms with Crippen LogP contribution < -0.4 is 0 Å². The van der Waals surface area contributed by atoms with E-state index < -0.39 is 0 Å². The SMILES string of the molecule is O=O.O=S. The lowest BCUT2D eigenvalue weighted by atomic mass is 15.3. The van der Waals surface area contributed by atoms with Crippen LogP contribution in [0.5, 0.6) is 0 Å². The van der Waals surface area contributed by atoms with E-state index in [9.17, 15) is 0 Å². The van der Waals surface area contributed by atoms with E-state index in [1.807, 2.05) is 0 Å². The summed E-state index contributed by atoms with van der Waals surface area (Å²) in [5.41, 5.74) is 0. The number of hydrogen-bond acceptors (Lipinski definition) is 4. The van der Waals surface area contributed by atoms with Crippen LogP contribution in [0.25, 0.3) is 0 Å². The maximum atomic E-state index is 7.83. The van der Waals surface area contributed by atoms with Gasteiger partial charge in [-0.15, -0.1) is 0 Å². The zero-order chi connectivity index (χ0) is 4.00. The summed E-state index contributed by atoms with van der Waals surface area (Å²) >= 11 is 2.83. The van der Waals surface area contributed by atoms with Crippen LogP contribution >= 0.6 is 0 Å². The van der Waals surface area contributed by atoms with Gasteiger partial charge >= 0.3 is 0 Å². The highest BCUT2D eigenvalue weighted by atomic mass is 32.1. The molecule has 0 fully saturated rings. The van der Waals surface area contributed by atoms with E-state index in [1.165, 1.54) is 0 Å². The lowest BCUT2D eigenvalue weighted by Gasteiger charge is -0.734. The monoisotopic (exact) mass is 80.0 g/mol. The Balaban J connectivity index is 0. The third kappa shape index (κ3) is 4.31. The largest absolute Gasteiger partial charge is 0.197 e. The van der Waals surface area contributed by atoms with Crippen LogP contribution in [-0.2, 0) is 12.5 Å². The van der Waals surface area contributed by atoms with E-state index in [2.05, 4.69) is 12.5 Å². The maximum absolute atomic E-state index is 7.83. The van der Waals surface area contributed by atoms with E-state index in [-0.39, 0.29) is 0 Å². The van der Waals surface area contributed by atoms with Crippen molar-refractivity contribution in [3.8, 4) is 0 Å². The molecule has 0 unspecified atom stereocenters. The first-order chi connectivity index (χ1) is 2.00. The molecule has 0 rings (SSSR count). The summed E-state index contributed by atoms with van der Waals surface area (Å²) in [6, 6.07) is 0. The van der Waals surface area contributed by atoms with Crippen molar-refractivity contribution < 1.29 is 4.21 Å². The van der Waals surface area contributed by atoms with Gasteiger partial charge < -0.3 is 0 Å². The van der Waals surface area contributed by atoms with Crippen molar-refractivity contribution in [2.24, 2.45) is 0 Å². The van der Waals surface area contributed by atoms with Gasteiger partial charge in [-0.05, 0) is 0 Å². The first-order valence-electron chi connectivity index (χ1n) is 0.333. The average Bonchev–Trinajstić information content (AvgIpc) is 1.50. The minimum Gasteiger partial charge on any atom is -0.197 e. The molecule has 24 valence electrons. The van der Waals surface area contributed by atoms with Gasteiger partial charge in [0.25, 0.3) is 0 Å². The Hall–Kier alpha value is -0.380. The fourth-order valence-electron chi connectivity index (χ4n) is 0.